The summed E-state index contributed by atoms with van der Waals surface area (Å²) in [7, 11) is -1.45. The fourth-order valence-electron chi connectivity index (χ4n) is 2.64. The van der Waals surface area contributed by atoms with Crippen LogP contribution in [-0.2, 0) is 9.84 Å². The highest BCUT2D eigenvalue weighted by atomic mass is 32.2. The van der Waals surface area contributed by atoms with Crippen molar-refractivity contribution >= 4 is 15.7 Å². The van der Waals surface area contributed by atoms with Gasteiger partial charge in [0.2, 0.25) is 0 Å². The molecule has 0 aliphatic heterocycles. The molecule has 0 saturated carbocycles. The van der Waals surface area contributed by atoms with Gasteiger partial charge >= 0.3 is 0 Å². The van der Waals surface area contributed by atoms with Crippen LogP contribution in [0.3, 0.4) is 0 Å². The number of benzene rings is 2. The number of carbonyl (C=O) groups excluding carboxylic acids is 1. The van der Waals surface area contributed by atoms with E-state index >= 15 is 0 Å². The molecule has 0 aromatic heterocycles. The summed E-state index contributed by atoms with van der Waals surface area (Å²) >= 11 is 0. The lowest BCUT2D eigenvalue weighted by atomic mass is 10.0. The normalized spacial score (nSPS) is 12.7. The highest BCUT2D eigenvalue weighted by Gasteiger charge is 2.20. The Morgan fingerprint density at radius 1 is 1.04 bits per heavy atom. The van der Waals surface area contributed by atoms with Crippen LogP contribution in [-0.4, -0.2) is 32.5 Å². The first kappa shape index (κ1) is 18.2. The SMILES string of the molecule is Cc1ccc(C(=O)N(C)C(C)c2ccc(S(C)(=O)=O)cc2)c(C)c1. The van der Waals surface area contributed by atoms with Gasteiger partial charge in [0.05, 0.1) is 10.9 Å². The van der Waals surface area contributed by atoms with E-state index in [1.54, 1.807) is 36.2 Å². The number of nitrogens with zero attached hydrogens (tertiary/aromatic N) is 1. The minimum absolute atomic E-state index is 0.0489. The van der Waals surface area contributed by atoms with Gasteiger partial charge < -0.3 is 4.90 Å². The maximum Gasteiger partial charge on any atom is 0.254 e. The molecule has 2 aromatic carbocycles. The van der Waals surface area contributed by atoms with E-state index in [0.717, 1.165) is 16.7 Å². The summed E-state index contributed by atoms with van der Waals surface area (Å²) in [5, 5.41) is 0. The van der Waals surface area contributed by atoms with Gasteiger partial charge in [-0.3, -0.25) is 4.79 Å². The van der Waals surface area contributed by atoms with Gasteiger partial charge in [-0.25, -0.2) is 8.42 Å². The van der Waals surface area contributed by atoms with E-state index in [2.05, 4.69) is 0 Å². The summed E-state index contributed by atoms with van der Waals surface area (Å²) in [5.74, 6) is -0.0489. The third kappa shape index (κ3) is 3.85. The Bertz CT molecular complexity index is 855. The van der Waals surface area contributed by atoms with E-state index in [9.17, 15) is 13.2 Å². The summed E-state index contributed by atoms with van der Waals surface area (Å²) in [5.41, 5.74) is 3.65. The summed E-state index contributed by atoms with van der Waals surface area (Å²) in [6, 6.07) is 12.3. The largest absolute Gasteiger partial charge is 0.335 e. The van der Waals surface area contributed by atoms with Gasteiger partial charge in [0.15, 0.2) is 9.84 Å². The van der Waals surface area contributed by atoms with Gasteiger partial charge in [-0.05, 0) is 50.1 Å². The van der Waals surface area contributed by atoms with E-state index in [4.69, 9.17) is 0 Å². The molecule has 1 unspecified atom stereocenters. The molecule has 24 heavy (non-hydrogen) atoms. The second-order valence-electron chi connectivity index (χ2n) is 6.25. The van der Waals surface area contributed by atoms with E-state index in [-0.39, 0.29) is 16.8 Å². The van der Waals surface area contributed by atoms with Gasteiger partial charge in [-0.15, -0.1) is 0 Å². The number of aryl methyl sites for hydroxylation is 2. The van der Waals surface area contributed by atoms with E-state index in [0.29, 0.717) is 5.56 Å². The van der Waals surface area contributed by atoms with Crippen molar-refractivity contribution in [3.63, 3.8) is 0 Å². The maximum absolute atomic E-state index is 12.7. The zero-order valence-electron chi connectivity index (χ0n) is 14.7. The summed E-state index contributed by atoms with van der Waals surface area (Å²) in [6.45, 7) is 5.85. The third-order valence-corrected chi connectivity index (χ3v) is 5.43. The zero-order valence-corrected chi connectivity index (χ0v) is 15.5. The number of amides is 1. The molecule has 5 heteroatoms. The lowest BCUT2D eigenvalue weighted by Crippen LogP contribution is -2.30. The number of carbonyl (C=O) groups is 1. The smallest absolute Gasteiger partial charge is 0.254 e. The van der Waals surface area contributed by atoms with Gasteiger partial charge in [-0.2, -0.15) is 0 Å². The van der Waals surface area contributed by atoms with Crippen LogP contribution in [0.4, 0.5) is 0 Å². The molecule has 0 saturated heterocycles. The van der Waals surface area contributed by atoms with Crippen LogP contribution < -0.4 is 0 Å². The standard InChI is InChI=1S/C19H23NO3S/c1-13-6-11-18(14(2)12-13)19(21)20(4)15(3)16-7-9-17(10-8-16)24(5,22)23/h6-12,15H,1-5H3. The molecule has 0 fully saturated rings. The molecule has 128 valence electrons. The van der Waals surface area contributed by atoms with Gasteiger partial charge in [0, 0.05) is 18.9 Å². The number of sulfone groups is 1. The Morgan fingerprint density at radius 2 is 1.62 bits per heavy atom. The molecule has 1 amide bonds. The number of rotatable bonds is 4. The predicted molar refractivity (Wildman–Crippen MR) is 96.0 cm³/mol. The Hall–Kier alpha value is -2.14. The maximum atomic E-state index is 12.7. The Kier molecular flexibility index (Phi) is 5.13. The molecule has 0 bridgehead atoms. The lowest BCUT2D eigenvalue weighted by Gasteiger charge is -2.26. The third-order valence-electron chi connectivity index (χ3n) is 4.30. The van der Waals surface area contributed by atoms with Crippen LogP contribution in [0.1, 0.15) is 40.0 Å². The fourth-order valence-corrected chi connectivity index (χ4v) is 3.27. The van der Waals surface area contributed by atoms with Crippen LogP contribution in [0.25, 0.3) is 0 Å². The average Bonchev–Trinajstić information content (AvgIpc) is 2.52. The van der Waals surface area contributed by atoms with Gasteiger partial charge in [-0.1, -0.05) is 29.8 Å². The van der Waals surface area contributed by atoms with Crippen LogP contribution in [0.2, 0.25) is 0 Å². The first-order chi connectivity index (χ1) is 11.1. The van der Waals surface area contributed by atoms with Crippen molar-refractivity contribution in [2.45, 2.75) is 31.7 Å². The summed E-state index contributed by atoms with van der Waals surface area (Å²) < 4.78 is 23.1. The minimum atomic E-state index is -3.22. The van der Waals surface area contributed by atoms with Crippen molar-refractivity contribution in [1.29, 1.82) is 0 Å². The van der Waals surface area contributed by atoms with Gasteiger partial charge in [0.25, 0.3) is 5.91 Å². The van der Waals surface area contributed by atoms with Crippen LogP contribution in [0.5, 0.6) is 0 Å². The molecule has 2 aromatic rings. The Balaban J connectivity index is 2.25. The first-order valence-corrected chi connectivity index (χ1v) is 9.65. The number of hydrogen-bond acceptors (Lipinski definition) is 3. The lowest BCUT2D eigenvalue weighted by molar-refractivity contribution is 0.0742. The molecule has 0 N–H and O–H groups in total. The van der Waals surface area contributed by atoms with Crippen molar-refractivity contribution in [3.05, 3.63) is 64.7 Å². The van der Waals surface area contributed by atoms with Crippen molar-refractivity contribution < 1.29 is 13.2 Å². The van der Waals surface area contributed by atoms with E-state index < -0.39 is 9.84 Å². The van der Waals surface area contributed by atoms with E-state index in [1.807, 2.05) is 39.0 Å². The molecule has 0 spiro atoms. The molecule has 0 aliphatic rings. The van der Waals surface area contributed by atoms with Crippen LogP contribution in [0, 0.1) is 13.8 Å². The first-order valence-electron chi connectivity index (χ1n) is 7.75. The quantitative estimate of drug-likeness (QED) is 0.852. The Morgan fingerprint density at radius 3 is 2.12 bits per heavy atom. The molecule has 2 rings (SSSR count). The summed E-state index contributed by atoms with van der Waals surface area (Å²) in [6.07, 6.45) is 1.18. The topological polar surface area (TPSA) is 54.5 Å². The zero-order chi connectivity index (χ0) is 18.1. The van der Waals surface area contributed by atoms with Crippen molar-refractivity contribution in [2.24, 2.45) is 0 Å². The highest BCUT2D eigenvalue weighted by molar-refractivity contribution is 7.90. The average molecular weight is 345 g/mol. The van der Waals surface area contributed by atoms with Crippen molar-refractivity contribution in [1.82, 2.24) is 4.90 Å². The van der Waals surface area contributed by atoms with Crippen LogP contribution in [0.15, 0.2) is 47.4 Å². The monoisotopic (exact) mass is 345 g/mol. The molecule has 0 aliphatic carbocycles. The summed E-state index contributed by atoms with van der Waals surface area (Å²) in [4.78, 5) is 14.7. The second kappa shape index (κ2) is 6.77. The molecule has 0 heterocycles. The van der Waals surface area contributed by atoms with Crippen molar-refractivity contribution in [3.8, 4) is 0 Å². The fraction of sp³-hybridized carbons (Fsp3) is 0.316. The molecule has 1 atom stereocenters. The molecule has 0 radical (unpaired) electrons. The highest BCUT2D eigenvalue weighted by Crippen LogP contribution is 2.23. The van der Waals surface area contributed by atoms with E-state index in [1.165, 1.54) is 6.26 Å². The van der Waals surface area contributed by atoms with Crippen molar-refractivity contribution in [2.75, 3.05) is 13.3 Å². The predicted octanol–water partition coefficient (Wildman–Crippen LogP) is 3.54. The van der Waals surface area contributed by atoms with Gasteiger partial charge in [0.1, 0.15) is 0 Å². The minimum Gasteiger partial charge on any atom is -0.335 e. The molecular formula is C19H23NO3S. The molecular weight excluding hydrogens is 322 g/mol. The van der Waals surface area contributed by atoms with Crippen LogP contribution >= 0.6 is 0 Å². The Labute approximate surface area is 144 Å². The molecule has 4 nitrogen and oxygen atoms in total. The second-order valence-corrected chi connectivity index (χ2v) is 8.27. The number of hydrogen-bond donors (Lipinski definition) is 0.